The molecule has 0 saturated heterocycles. The van der Waals surface area contributed by atoms with Crippen LogP contribution in [-0.4, -0.2) is 32.9 Å². The number of ether oxygens (including phenoxy) is 1. The van der Waals surface area contributed by atoms with Gasteiger partial charge in [-0.2, -0.15) is 4.31 Å². The first-order valence-electron chi connectivity index (χ1n) is 4.94. The molecule has 1 aliphatic heterocycles. The Morgan fingerprint density at radius 2 is 1.69 bits per heavy atom. The summed E-state index contributed by atoms with van der Waals surface area (Å²) < 4.78 is 30.6. The zero-order valence-corrected chi connectivity index (χ0v) is 9.78. The molecule has 0 fully saturated rings. The Kier molecular flexibility index (Phi) is 2.98. The number of hydrogen-bond acceptors (Lipinski definition) is 3. The zero-order valence-electron chi connectivity index (χ0n) is 8.96. The van der Waals surface area contributed by atoms with Crippen LogP contribution in [0.5, 0.6) is 5.75 Å². The normalized spacial score (nSPS) is 16.6. The molecule has 16 heavy (non-hydrogen) atoms. The van der Waals surface area contributed by atoms with Crippen molar-refractivity contribution in [3.63, 3.8) is 0 Å². The lowest BCUT2D eigenvalue weighted by Gasteiger charge is -2.15. The van der Waals surface area contributed by atoms with Gasteiger partial charge in [0, 0.05) is 13.1 Å². The molecule has 0 aliphatic carbocycles. The minimum Gasteiger partial charge on any atom is -0.497 e. The summed E-state index contributed by atoms with van der Waals surface area (Å²) in [6.45, 7) is 0.905. The molecule has 0 radical (unpaired) electrons. The van der Waals surface area contributed by atoms with E-state index in [1.807, 2.05) is 12.2 Å². The van der Waals surface area contributed by atoms with Gasteiger partial charge in [-0.1, -0.05) is 12.2 Å². The molecule has 0 aromatic heterocycles. The Morgan fingerprint density at radius 3 is 2.19 bits per heavy atom. The Bertz CT molecular complexity index is 482. The van der Waals surface area contributed by atoms with Gasteiger partial charge in [-0.25, -0.2) is 8.42 Å². The van der Waals surface area contributed by atoms with E-state index < -0.39 is 10.0 Å². The monoisotopic (exact) mass is 239 g/mol. The molecular formula is C11H13NO3S. The average Bonchev–Trinajstić information content (AvgIpc) is 2.83. The summed E-state index contributed by atoms with van der Waals surface area (Å²) in [5.74, 6) is 0.651. The van der Waals surface area contributed by atoms with E-state index in [1.165, 1.54) is 4.31 Å². The van der Waals surface area contributed by atoms with Crippen LogP contribution in [0.25, 0.3) is 0 Å². The minimum absolute atomic E-state index is 0.303. The van der Waals surface area contributed by atoms with Gasteiger partial charge in [-0.05, 0) is 24.3 Å². The molecule has 4 nitrogen and oxygen atoms in total. The lowest BCUT2D eigenvalue weighted by molar-refractivity contribution is 0.414. The van der Waals surface area contributed by atoms with Crippen molar-refractivity contribution in [3.8, 4) is 5.75 Å². The Morgan fingerprint density at radius 1 is 1.12 bits per heavy atom. The van der Waals surface area contributed by atoms with Crippen molar-refractivity contribution in [1.82, 2.24) is 4.31 Å². The van der Waals surface area contributed by atoms with Crippen LogP contribution in [-0.2, 0) is 10.0 Å². The van der Waals surface area contributed by atoms with E-state index in [0.717, 1.165) is 0 Å². The summed E-state index contributed by atoms with van der Waals surface area (Å²) in [5, 5.41) is 0. The van der Waals surface area contributed by atoms with Crippen molar-refractivity contribution in [2.45, 2.75) is 4.90 Å². The van der Waals surface area contributed by atoms with E-state index in [2.05, 4.69) is 0 Å². The Labute approximate surface area is 95.2 Å². The predicted molar refractivity (Wildman–Crippen MR) is 60.9 cm³/mol. The summed E-state index contributed by atoms with van der Waals surface area (Å²) in [4.78, 5) is 0.303. The fourth-order valence-corrected chi connectivity index (χ4v) is 2.89. The summed E-state index contributed by atoms with van der Waals surface area (Å²) in [6, 6.07) is 6.42. The highest BCUT2D eigenvalue weighted by molar-refractivity contribution is 7.89. The van der Waals surface area contributed by atoms with E-state index in [1.54, 1.807) is 31.4 Å². The van der Waals surface area contributed by atoms with E-state index in [-0.39, 0.29) is 0 Å². The van der Waals surface area contributed by atoms with Gasteiger partial charge in [0.05, 0.1) is 12.0 Å². The lowest BCUT2D eigenvalue weighted by atomic mass is 10.3. The van der Waals surface area contributed by atoms with Crippen molar-refractivity contribution in [2.75, 3.05) is 20.2 Å². The quantitative estimate of drug-likeness (QED) is 0.746. The molecule has 0 N–H and O–H groups in total. The maximum atomic E-state index is 12.1. The van der Waals surface area contributed by atoms with Gasteiger partial charge in [-0.3, -0.25) is 0 Å². The Hall–Kier alpha value is -1.33. The van der Waals surface area contributed by atoms with Crippen molar-refractivity contribution in [1.29, 1.82) is 0 Å². The minimum atomic E-state index is -3.35. The first-order chi connectivity index (χ1) is 7.64. The van der Waals surface area contributed by atoms with Gasteiger partial charge in [0.15, 0.2) is 0 Å². The smallest absolute Gasteiger partial charge is 0.243 e. The lowest BCUT2D eigenvalue weighted by Crippen LogP contribution is -2.28. The van der Waals surface area contributed by atoms with E-state index in [0.29, 0.717) is 23.7 Å². The van der Waals surface area contributed by atoms with Crippen LogP contribution < -0.4 is 4.74 Å². The van der Waals surface area contributed by atoms with Crippen molar-refractivity contribution < 1.29 is 13.2 Å². The molecule has 1 aromatic carbocycles. The van der Waals surface area contributed by atoms with Crippen molar-refractivity contribution in [3.05, 3.63) is 36.4 Å². The van der Waals surface area contributed by atoms with Gasteiger partial charge in [0.2, 0.25) is 10.0 Å². The van der Waals surface area contributed by atoms with Gasteiger partial charge < -0.3 is 4.74 Å². The van der Waals surface area contributed by atoms with Crippen LogP contribution >= 0.6 is 0 Å². The van der Waals surface area contributed by atoms with E-state index in [9.17, 15) is 8.42 Å². The maximum Gasteiger partial charge on any atom is 0.243 e. The highest BCUT2D eigenvalue weighted by atomic mass is 32.2. The number of nitrogens with zero attached hydrogens (tertiary/aromatic N) is 1. The standard InChI is InChI=1S/C11H13NO3S/c1-15-10-4-6-11(7-5-10)16(13,14)12-8-2-3-9-12/h2-7H,8-9H2,1H3. The van der Waals surface area contributed by atoms with Crippen LogP contribution in [0.2, 0.25) is 0 Å². The molecule has 0 atom stereocenters. The van der Waals surface area contributed by atoms with E-state index >= 15 is 0 Å². The first kappa shape index (κ1) is 11.2. The predicted octanol–water partition coefficient (Wildman–Crippen LogP) is 1.26. The van der Waals surface area contributed by atoms with Crippen LogP contribution in [0.1, 0.15) is 0 Å². The molecule has 0 unspecified atom stereocenters. The molecule has 86 valence electrons. The second kappa shape index (κ2) is 4.27. The molecule has 0 bridgehead atoms. The molecule has 0 amide bonds. The van der Waals surface area contributed by atoms with Crippen LogP contribution in [0.3, 0.4) is 0 Å². The number of rotatable bonds is 3. The number of benzene rings is 1. The number of hydrogen-bond donors (Lipinski definition) is 0. The third-order valence-corrected chi connectivity index (χ3v) is 4.33. The summed E-state index contributed by atoms with van der Waals surface area (Å²) in [6.07, 6.45) is 3.70. The second-order valence-electron chi connectivity index (χ2n) is 3.47. The molecular weight excluding hydrogens is 226 g/mol. The molecule has 1 aromatic rings. The van der Waals surface area contributed by atoms with Gasteiger partial charge in [0.1, 0.15) is 5.75 Å². The van der Waals surface area contributed by atoms with Crippen molar-refractivity contribution >= 4 is 10.0 Å². The number of sulfonamides is 1. The van der Waals surface area contributed by atoms with Gasteiger partial charge in [0.25, 0.3) is 0 Å². The van der Waals surface area contributed by atoms with Gasteiger partial charge in [-0.15, -0.1) is 0 Å². The largest absolute Gasteiger partial charge is 0.497 e. The molecule has 1 aliphatic rings. The average molecular weight is 239 g/mol. The zero-order chi connectivity index (χ0) is 11.6. The molecule has 0 saturated carbocycles. The first-order valence-corrected chi connectivity index (χ1v) is 6.38. The highest BCUT2D eigenvalue weighted by Gasteiger charge is 2.24. The summed E-state index contributed by atoms with van der Waals surface area (Å²) in [7, 11) is -1.80. The topological polar surface area (TPSA) is 46.6 Å². The van der Waals surface area contributed by atoms with Gasteiger partial charge >= 0.3 is 0 Å². The fraction of sp³-hybridized carbons (Fsp3) is 0.273. The molecule has 2 rings (SSSR count). The van der Waals surface area contributed by atoms with Crippen LogP contribution in [0, 0.1) is 0 Å². The van der Waals surface area contributed by atoms with Crippen molar-refractivity contribution in [2.24, 2.45) is 0 Å². The SMILES string of the molecule is COc1ccc(S(=O)(=O)N2CC=CC2)cc1. The Balaban J connectivity index is 2.28. The molecule has 0 spiro atoms. The third-order valence-electron chi connectivity index (χ3n) is 2.48. The van der Waals surface area contributed by atoms with Crippen LogP contribution in [0.4, 0.5) is 0 Å². The summed E-state index contributed by atoms with van der Waals surface area (Å²) in [5.41, 5.74) is 0. The third kappa shape index (κ3) is 1.96. The molecule has 5 heteroatoms. The second-order valence-corrected chi connectivity index (χ2v) is 5.41. The number of methoxy groups -OCH3 is 1. The summed E-state index contributed by atoms with van der Waals surface area (Å²) >= 11 is 0. The highest BCUT2D eigenvalue weighted by Crippen LogP contribution is 2.20. The maximum absolute atomic E-state index is 12.1. The fourth-order valence-electron chi connectivity index (χ4n) is 1.55. The van der Waals surface area contributed by atoms with Crippen LogP contribution in [0.15, 0.2) is 41.3 Å². The molecule has 1 heterocycles. The van der Waals surface area contributed by atoms with E-state index in [4.69, 9.17) is 4.74 Å².